The van der Waals surface area contributed by atoms with Gasteiger partial charge in [0.1, 0.15) is 5.58 Å². The summed E-state index contributed by atoms with van der Waals surface area (Å²) in [7, 11) is -3.00. The summed E-state index contributed by atoms with van der Waals surface area (Å²) in [5, 5.41) is 9.11. The van der Waals surface area contributed by atoms with E-state index in [0.717, 1.165) is 37.8 Å². The molecule has 4 heterocycles. The number of furan rings is 1. The van der Waals surface area contributed by atoms with Gasteiger partial charge >= 0.3 is 0 Å². The first-order chi connectivity index (χ1) is 22.3. The second-order valence-corrected chi connectivity index (χ2v) is 15.0. The Balaban J connectivity index is 1.36. The standard InChI is InChI=1S/C39H26N4OSi/c1-3-13-27(14-4-1)45(28-15-5-2-6-16-28,36-23-11-19-32-33-20-12-24-40-38(33)44-37(32)36)29-25-41-39(42-26-29)43-34-21-9-7-17-30(34)31-18-8-10-22-35(31)43/h1-26H. The molecule has 0 bridgehead atoms. The van der Waals surface area contributed by atoms with E-state index in [9.17, 15) is 0 Å². The summed E-state index contributed by atoms with van der Waals surface area (Å²) >= 11 is 0. The molecule has 0 amide bonds. The molecule has 0 spiro atoms. The van der Waals surface area contributed by atoms with Gasteiger partial charge in [-0.2, -0.15) is 0 Å². The van der Waals surface area contributed by atoms with E-state index in [1.54, 1.807) is 6.20 Å². The molecule has 9 rings (SSSR count). The average molecular weight is 595 g/mol. The van der Waals surface area contributed by atoms with E-state index in [0.29, 0.717) is 11.7 Å². The van der Waals surface area contributed by atoms with Crippen LogP contribution in [0.25, 0.3) is 49.8 Å². The number of fused-ring (bicyclic) bond motifs is 6. The van der Waals surface area contributed by atoms with Crippen molar-refractivity contribution in [2.24, 2.45) is 0 Å². The molecule has 0 N–H and O–H groups in total. The second-order valence-electron chi connectivity index (χ2n) is 11.3. The lowest BCUT2D eigenvalue weighted by molar-refractivity contribution is 0.656. The average Bonchev–Trinajstić information content (AvgIpc) is 3.66. The Labute approximate surface area is 260 Å². The van der Waals surface area contributed by atoms with Crippen LogP contribution < -0.4 is 20.7 Å². The van der Waals surface area contributed by atoms with Crippen molar-refractivity contribution in [3.8, 4) is 5.95 Å². The molecule has 0 saturated carbocycles. The fourth-order valence-corrected chi connectivity index (χ4v) is 11.7. The van der Waals surface area contributed by atoms with Crippen LogP contribution in [-0.2, 0) is 0 Å². The summed E-state index contributed by atoms with van der Waals surface area (Å²) in [6.07, 6.45) is 5.86. The van der Waals surface area contributed by atoms with Gasteiger partial charge in [-0.3, -0.25) is 4.57 Å². The van der Waals surface area contributed by atoms with Crippen LogP contribution >= 0.6 is 0 Å². The third-order valence-corrected chi connectivity index (χ3v) is 13.7. The molecule has 0 aliphatic heterocycles. The fraction of sp³-hybridized carbons (Fsp3) is 0. The van der Waals surface area contributed by atoms with Gasteiger partial charge in [0.15, 0.2) is 8.07 Å². The van der Waals surface area contributed by atoms with Crippen LogP contribution in [0.2, 0.25) is 0 Å². The number of rotatable bonds is 5. The molecule has 0 aliphatic carbocycles. The van der Waals surface area contributed by atoms with Crippen molar-refractivity contribution >= 4 is 72.7 Å². The van der Waals surface area contributed by atoms with E-state index in [4.69, 9.17) is 14.4 Å². The quantitative estimate of drug-likeness (QED) is 0.175. The van der Waals surface area contributed by atoms with Crippen molar-refractivity contribution in [3.63, 3.8) is 0 Å². The zero-order valence-electron chi connectivity index (χ0n) is 24.2. The highest BCUT2D eigenvalue weighted by atomic mass is 28.3. The molecule has 0 aliphatic rings. The molecule has 9 aromatic rings. The van der Waals surface area contributed by atoms with Crippen molar-refractivity contribution < 1.29 is 4.42 Å². The first-order valence-corrected chi connectivity index (χ1v) is 17.0. The van der Waals surface area contributed by atoms with Gasteiger partial charge in [-0.15, -0.1) is 0 Å². The highest BCUT2D eigenvalue weighted by molar-refractivity contribution is 7.20. The molecule has 0 radical (unpaired) electrons. The molecule has 212 valence electrons. The summed E-state index contributed by atoms with van der Waals surface area (Å²) in [4.78, 5) is 14.8. The Morgan fingerprint density at radius 1 is 0.467 bits per heavy atom. The molecule has 5 aromatic carbocycles. The van der Waals surface area contributed by atoms with Crippen molar-refractivity contribution in [2.75, 3.05) is 0 Å². The van der Waals surface area contributed by atoms with Gasteiger partial charge in [0, 0.05) is 40.1 Å². The van der Waals surface area contributed by atoms with Crippen molar-refractivity contribution in [1.29, 1.82) is 0 Å². The lowest BCUT2D eigenvalue weighted by Crippen LogP contribution is -2.75. The maximum atomic E-state index is 6.61. The maximum Gasteiger partial charge on any atom is 0.234 e. The summed E-state index contributed by atoms with van der Waals surface area (Å²) in [5.74, 6) is 0.645. The third kappa shape index (κ3) is 3.76. The summed E-state index contributed by atoms with van der Waals surface area (Å²) in [6.45, 7) is 0. The number of pyridine rings is 1. The van der Waals surface area contributed by atoms with Crippen molar-refractivity contribution in [1.82, 2.24) is 19.5 Å². The van der Waals surface area contributed by atoms with E-state index in [1.165, 1.54) is 21.1 Å². The van der Waals surface area contributed by atoms with Crippen LogP contribution in [0.1, 0.15) is 0 Å². The second kappa shape index (κ2) is 10.1. The van der Waals surface area contributed by atoms with E-state index >= 15 is 0 Å². The topological polar surface area (TPSA) is 56.7 Å². The highest BCUT2D eigenvalue weighted by Crippen LogP contribution is 2.31. The Morgan fingerprint density at radius 3 is 1.67 bits per heavy atom. The van der Waals surface area contributed by atoms with Gasteiger partial charge in [-0.05, 0) is 45.0 Å². The predicted molar refractivity (Wildman–Crippen MR) is 185 cm³/mol. The van der Waals surface area contributed by atoms with Crippen LogP contribution in [0, 0.1) is 0 Å². The first kappa shape index (κ1) is 25.6. The first-order valence-electron chi connectivity index (χ1n) is 15.0. The largest absolute Gasteiger partial charge is 0.438 e. The minimum absolute atomic E-state index is 0.641. The zero-order chi connectivity index (χ0) is 29.8. The molecule has 0 saturated heterocycles. The molecule has 5 nitrogen and oxygen atoms in total. The number of nitrogens with zero attached hydrogens (tertiary/aromatic N) is 4. The molecule has 0 fully saturated rings. The molecule has 0 unspecified atom stereocenters. The Morgan fingerprint density at radius 2 is 1.02 bits per heavy atom. The minimum Gasteiger partial charge on any atom is -0.438 e. The maximum absolute atomic E-state index is 6.61. The molecule has 6 heteroatoms. The third-order valence-electron chi connectivity index (χ3n) is 8.94. The number of benzene rings is 5. The summed E-state index contributed by atoms with van der Waals surface area (Å²) in [5.41, 5.74) is 3.67. The van der Waals surface area contributed by atoms with Crippen LogP contribution in [0.5, 0.6) is 0 Å². The Bertz CT molecular complexity index is 2390. The number of para-hydroxylation sites is 3. The zero-order valence-corrected chi connectivity index (χ0v) is 25.2. The predicted octanol–water partition coefficient (Wildman–Crippen LogP) is 6.25. The molecule has 45 heavy (non-hydrogen) atoms. The monoisotopic (exact) mass is 594 g/mol. The molecule has 4 aromatic heterocycles. The SMILES string of the molecule is c1ccc([Si](c2ccccc2)(c2cnc(-n3c4ccccc4c4ccccc43)nc2)c2cccc3c2oc2ncccc23)cc1. The van der Waals surface area contributed by atoms with Gasteiger partial charge in [-0.25, -0.2) is 15.0 Å². The van der Waals surface area contributed by atoms with Crippen molar-refractivity contribution in [2.45, 2.75) is 0 Å². The number of aromatic nitrogens is 4. The highest BCUT2D eigenvalue weighted by Gasteiger charge is 2.44. The fourth-order valence-electron chi connectivity index (χ4n) is 7.04. The molecular weight excluding hydrogens is 569 g/mol. The summed E-state index contributed by atoms with van der Waals surface area (Å²) in [6, 6.07) is 49.0. The number of hydrogen-bond donors (Lipinski definition) is 0. The van der Waals surface area contributed by atoms with Crippen LogP contribution in [0.4, 0.5) is 0 Å². The van der Waals surface area contributed by atoms with Gasteiger partial charge in [-0.1, -0.05) is 115 Å². The van der Waals surface area contributed by atoms with Gasteiger partial charge in [0.05, 0.1) is 11.0 Å². The number of hydrogen-bond acceptors (Lipinski definition) is 4. The van der Waals surface area contributed by atoms with Gasteiger partial charge in [0.25, 0.3) is 0 Å². The van der Waals surface area contributed by atoms with Crippen LogP contribution in [0.15, 0.2) is 163 Å². The van der Waals surface area contributed by atoms with Crippen LogP contribution in [0.3, 0.4) is 0 Å². The molecular formula is C39H26N4OSi. The van der Waals surface area contributed by atoms with E-state index < -0.39 is 8.07 Å². The van der Waals surface area contributed by atoms with Gasteiger partial charge in [0.2, 0.25) is 11.7 Å². The lowest BCUT2D eigenvalue weighted by atomic mass is 10.2. The van der Waals surface area contributed by atoms with Crippen LogP contribution in [-0.4, -0.2) is 27.6 Å². The Hall–Kier alpha value is -5.85. The van der Waals surface area contributed by atoms with Gasteiger partial charge < -0.3 is 4.42 Å². The smallest absolute Gasteiger partial charge is 0.234 e. The lowest BCUT2D eigenvalue weighted by Gasteiger charge is -2.33. The normalized spacial score (nSPS) is 12.0. The summed E-state index contributed by atoms with van der Waals surface area (Å²) < 4.78 is 8.77. The van der Waals surface area contributed by atoms with Crippen molar-refractivity contribution in [3.05, 3.63) is 158 Å². The Kier molecular flexibility index (Phi) is 5.76. The minimum atomic E-state index is -3.00. The van der Waals surface area contributed by atoms with E-state index in [1.807, 2.05) is 18.5 Å². The van der Waals surface area contributed by atoms with E-state index in [-0.39, 0.29) is 0 Å². The molecule has 0 atom stereocenters. The van der Waals surface area contributed by atoms with E-state index in [2.05, 4.69) is 143 Å².